The predicted octanol–water partition coefficient (Wildman–Crippen LogP) is -3.38. The fourth-order valence-electron chi connectivity index (χ4n) is 0. The van der Waals surface area contributed by atoms with Crippen LogP contribution in [0.25, 0.3) is 0 Å². The Labute approximate surface area is 193 Å². The summed E-state index contributed by atoms with van der Waals surface area (Å²) < 4.78 is 24.8. The Morgan fingerprint density at radius 2 is 0.385 bits per heavy atom. The van der Waals surface area contributed by atoms with Gasteiger partial charge in [0.05, 0.1) is 0 Å². The van der Waals surface area contributed by atoms with E-state index in [0.717, 1.165) is 0 Å². The molecule has 6 nitrogen and oxygen atoms in total. The third kappa shape index (κ3) is 148. The maximum absolute atomic E-state index is 8.26. The first-order chi connectivity index (χ1) is 3.00. The normalized spacial score (nSPS) is 1.15. The van der Waals surface area contributed by atoms with Crippen LogP contribution in [-0.4, -0.2) is 172 Å². The Morgan fingerprint density at radius 1 is 0.385 bits per heavy atom. The van der Waals surface area contributed by atoms with Gasteiger partial charge in [-0.15, -0.1) is 0 Å². The van der Waals surface area contributed by atoms with E-state index in [1.807, 2.05) is 0 Å². The Balaban J connectivity index is -0.00000000102. The van der Waals surface area contributed by atoms with Crippen LogP contribution in [0.1, 0.15) is 0 Å². The topological polar surface area (TPSA) is 137 Å². The van der Waals surface area contributed by atoms with Gasteiger partial charge in [0.2, 0.25) is 0 Å². The fraction of sp³-hybridized carbons (Fsp3) is 0. The maximum Gasteiger partial charge on any atom is 3.00 e. The first-order valence-corrected chi connectivity index (χ1v) is 3.35. The predicted molar refractivity (Wildman–Crippen MR) is 44.4 cm³/mol. The van der Waals surface area contributed by atoms with Crippen molar-refractivity contribution in [3.05, 3.63) is 0 Å². The van der Waals surface area contributed by atoms with Crippen LogP contribution in [0.15, 0.2) is 0 Å². The molecule has 0 aromatic rings. The van der Waals surface area contributed by atoms with Gasteiger partial charge >= 0.3 is 181 Å². The number of hydrogen-bond acceptors (Lipinski definition) is 3. The molecule has 0 unspecified atom stereocenters. The molecule has 13 heteroatoms. The van der Waals surface area contributed by atoms with Crippen LogP contribution >= 0.6 is 0 Å². The van der Waals surface area contributed by atoms with Crippen molar-refractivity contribution < 1.29 is 25.7 Å². The molecule has 0 N–H and O–H groups in total. The minimum atomic E-state index is 0. The smallest absolute Gasteiger partial charge is 2.00 e. The summed E-state index contributed by atoms with van der Waals surface area (Å²) in [6, 6.07) is 0. The second-order valence-electron chi connectivity index (χ2n) is 0. The quantitative estimate of drug-likeness (QED) is 0.235. The summed E-state index contributed by atoms with van der Waals surface area (Å²) in [6.45, 7) is 0. The van der Waals surface area contributed by atoms with E-state index in [1.165, 1.54) is 0 Å². The zero-order chi connectivity index (χ0) is 6.00. The molecule has 0 amide bonds. The Morgan fingerprint density at radius 3 is 0.385 bits per heavy atom. The summed E-state index contributed by atoms with van der Waals surface area (Å²) in [5.74, 6) is 0. The molecule has 0 heterocycles. The Kier molecular flexibility index (Phi) is 1030. The average molecular weight is 1310 g/mol. The van der Waals surface area contributed by atoms with E-state index in [-0.39, 0.29) is 121 Å². The Hall–Kier alpha value is 5.18. The van der Waals surface area contributed by atoms with E-state index in [2.05, 4.69) is 0 Å². The van der Waals surface area contributed by atoms with Crippen LogP contribution < -0.4 is 0 Å². The maximum atomic E-state index is 8.26. The van der Waals surface area contributed by atoms with Crippen LogP contribution in [-0.2, 0) is 25.7 Å². The third-order valence-electron chi connectivity index (χ3n) is 0. The van der Waals surface area contributed by atoms with E-state index < -0.39 is 0 Å². The largest absolute Gasteiger partial charge is 3.00 e. The summed E-state index contributed by atoms with van der Waals surface area (Å²) in [5.41, 5.74) is 0. The van der Waals surface area contributed by atoms with E-state index >= 15 is 0 Å². The van der Waals surface area contributed by atoms with Gasteiger partial charge in [-0.1, -0.05) is 0 Å². The van der Waals surface area contributed by atoms with Crippen molar-refractivity contribution in [3.8, 4) is 0 Å². The minimum Gasteiger partial charge on any atom is -2.00 e. The SMILES string of the molecule is O=[Te-2].O=[Te-2].O=[Te-2].[Bi+3].[Bi+3].[Bi+3].[Bi+3].[O-2].[O-2].[O-2]. The average Bonchev–Trinajstić information content (AvgIpc) is 1.81. The molecular weight excluding hydrogens is 1310 g/mol. The van der Waals surface area contributed by atoms with Gasteiger partial charge in [0.15, 0.2) is 0 Å². The zero-order valence-corrected chi connectivity index (χ0v) is 26.4. The third-order valence-corrected chi connectivity index (χ3v) is 0. The molecule has 0 bridgehead atoms. The molecule has 0 aliphatic carbocycles. The molecule has 0 aromatic heterocycles. The van der Waals surface area contributed by atoms with Gasteiger partial charge in [-0.05, 0) is 0 Å². The van der Waals surface area contributed by atoms with Gasteiger partial charge in [0.25, 0.3) is 0 Å². The zero-order valence-electron chi connectivity index (χ0n) is 5.46. The first-order valence-electron chi connectivity index (χ1n) is 0.500. The van der Waals surface area contributed by atoms with Gasteiger partial charge in [-0.3, -0.25) is 0 Å². The summed E-state index contributed by atoms with van der Waals surface area (Å²) in [5, 5.41) is 0. The van der Waals surface area contributed by atoms with Gasteiger partial charge in [0.1, 0.15) is 0 Å². The summed E-state index contributed by atoms with van der Waals surface area (Å²) in [7, 11) is 0. The molecule has 0 rings (SSSR count). The van der Waals surface area contributed by atoms with Gasteiger partial charge in [-0.2, -0.15) is 0 Å². The second kappa shape index (κ2) is 168. The summed E-state index contributed by atoms with van der Waals surface area (Å²) in [6.07, 6.45) is 0. The van der Waals surface area contributed by atoms with E-state index in [9.17, 15) is 0 Å². The van der Waals surface area contributed by atoms with Crippen molar-refractivity contribution in [1.82, 2.24) is 0 Å². The molecule has 0 atom stereocenters. The second-order valence-corrected chi connectivity index (χ2v) is 0. The van der Waals surface area contributed by atoms with E-state index in [1.54, 1.807) is 0 Å². The molecule has 0 aliphatic heterocycles. The standard InChI is InChI=1S/4Bi.3OTe.3O/c;;;;3*1-2;;;/q4*+3;6*-2. The molecule has 0 spiro atoms. The number of hydrogen-bond donors (Lipinski definition) is 0. The molecule has 0 fully saturated rings. The van der Waals surface area contributed by atoms with Crippen LogP contribution in [0.5, 0.6) is 0 Å². The van der Waals surface area contributed by atoms with Gasteiger partial charge in [0, 0.05) is 0 Å². The molecule has 0 saturated heterocycles. The number of rotatable bonds is 0. The van der Waals surface area contributed by atoms with Crippen molar-refractivity contribution >= 4 is 172 Å². The minimum absolute atomic E-state index is 0. The molecule has 8 radical (unpaired) electrons. The van der Waals surface area contributed by atoms with E-state index in [0.29, 0.717) is 66.8 Å². The van der Waals surface area contributed by atoms with Crippen LogP contribution in [0.4, 0.5) is 0 Å². The van der Waals surface area contributed by atoms with Crippen molar-refractivity contribution in [2.45, 2.75) is 0 Å². The molecular formula is Bi4O6Te3. The monoisotopic (exact) mass is 1320 g/mol. The van der Waals surface area contributed by atoms with Crippen molar-refractivity contribution in [3.63, 3.8) is 0 Å². The van der Waals surface area contributed by atoms with E-state index in [4.69, 9.17) is 9.31 Å². The molecule has 0 aromatic carbocycles. The van der Waals surface area contributed by atoms with Crippen LogP contribution in [0.2, 0.25) is 0 Å². The van der Waals surface area contributed by atoms with Crippen molar-refractivity contribution in [1.29, 1.82) is 0 Å². The molecule has 74 valence electrons. The molecule has 13 heavy (non-hydrogen) atoms. The Bertz CT molecular complexity index is 24.6. The van der Waals surface area contributed by atoms with Crippen LogP contribution in [0, 0.1) is 0 Å². The fourth-order valence-corrected chi connectivity index (χ4v) is 0. The summed E-state index contributed by atoms with van der Waals surface area (Å²) >= 11 is 2.10. The molecule has 0 saturated carbocycles. The van der Waals surface area contributed by atoms with Crippen LogP contribution in [0.3, 0.4) is 0 Å². The van der Waals surface area contributed by atoms with Gasteiger partial charge < -0.3 is 16.4 Å². The first kappa shape index (κ1) is 80.2. The van der Waals surface area contributed by atoms with Crippen molar-refractivity contribution in [2.24, 2.45) is 0 Å². The van der Waals surface area contributed by atoms with Gasteiger partial charge in [-0.25, -0.2) is 0 Å². The summed E-state index contributed by atoms with van der Waals surface area (Å²) in [4.78, 5) is 0. The molecule has 0 aliphatic rings. The van der Waals surface area contributed by atoms with Crippen molar-refractivity contribution in [2.75, 3.05) is 0 Å².